The molecule has 1 aromatic rings. The second-order valence-electron chi connectivity index (χ2n) is 2.93. The molecule has 1 rings (SSSR count). The molecule has 0 saturated heterocycles. The number of hydrogen-bond donors (Lipinski definition) is 1. The first kappa shape index (κ1) is 9.49. The summed E-state index contributed by atoms with van der Waals surface area (Å²) in [5.41, 5.74) is 0.946. The Hall–Kier alpha value is -0.600. The van der Waals surface area contributed by atoms with Crippen LogP contribution in [0.3, 0.4) is 0 Å². The van der Waals surface area contributed by atoms with Gasteiger partial charge in [-0.25, -0.2) is 0 Å². The normalized spacial score (nSPS) is 15.7. The molecule has 66 valence electrons. The fourth-order valence-electron chi connectivity index (χ4n) is 1.02. The SMILES string of the molecule is CC(O)C(C)c1ccncc1Cl. The van der Waals surface area contributed by atoms with Gasteiger partial charge in [0.05, 0.1) is 11.1 Å². The molecule has 0 spiro atoms. The van der Waals surface area contributed by atoms with E-state index in [4.69, 9.17) is 11.6 Å². The lowest BCUT2D eigenvalue weighted by molar-refractivity contribution is 0.169. The standard InChI is InChI=1S/C9H12ClNO/c1-6(7(2)12)8-3-4-11-5-9(8)10/h3-7,12H,1-2H3. The number of halogens is 1. The maximum Gasteiger partial charge on any atom is 0.0624 e. The van der Waals surface area contributed by atoms with Crippen LogP contribution in [0, 0.1) is 0 Å². The number of aromatic nitrogens is 1. The van der Waals surface area contributed by atoms with E-state index in [1.54, 1.807) is 19.3 Å². The molecule has 1 N–H and O–H groups in total. The molecule has 0 aliphatic heterocycles. The van der Waals surface area contributed by atoms with E-state index in [1.165, 1.54) is 0 Å². The van der Waals surface area contributed by atoms with Crippen LogP contribution in [0.2, 0.25) is 5.02 Å². The molecule has 0 aliphatic rings. The van der Waals surface area contributed by atoms with Crippen LogP contribution < -0.4 is 0 Å². The van der Waals surface area contributed by atoms with Crippen LogP contribution in [0.1, 0.15) is 25.3 Å². The number of rotatable bonds is 2. The van der Waals surface area contributed by atoms with Gasteiger partial charge in [0.25, 0.3) is 0 Å². The number of aliphatic hydroxyl groups excluding tert-OH is 1. The summed E-state index contributed by atoms with van der Waals surface area (Å²) in [5.74, 6) is 0.0560. The van der Waals surface area contributed by atoms with Crippen LogP contribution in [0.15, 0.2) is 18.5 Å². The number of nitrogens with zero attached hydrogens (tertiary/aromatic N) is 1. The van der Waals surface area contributed by atoms with Crippen LogP contribution >= 0.6 is 11.6 Å². The van der Waals surface area contributed by atoms with Crippen molar-refractivity contribution in [1.29, 1.82) is 0 Å². The Bertz CT molecular complexity index is 262. The summed E-state index contributed by atoms with van der Waals surface area (Å²) in [6.07, 6.45) is 2.89. The molecular formula is C9H12ClNO. The summed E-state index contributed by atoms with van der Waals surface area (Å²) in [7, 11) is 0. The van der Waals surface area contributed by atoms with Crippen molar-refractivity contribution < 1.29 is 5.11 Å². The van der Waals surface area contributed by atoms with Crippen molar-refractivity contribution in [3.05, 3.63) is 29.0 Å². The Morgan fingerprint density at radius 2 is 2.17 bits per heavy atom. The quantitative estimate of drug-likeness (QED) is 0.767. The zero-order valence-corrected chi connectivity index (χ0v) is 7.92. The zero-order valence-electron chi connectivity index (χ0n) is 7.16. The van der Waals surface area contributed by atoms with E-state index in [9.17, 15) is 5.11 Å². The van der Waals surface area contributed by atoms with E-state index in [1.807, 2.05) is 13.0 Å². The van der Waals surface area contributed by atoms with E-state index >= 15 is 0 Å². The second-order valence-corrected chi connectivity index (χ2v) is 3.33. The van der Waals surface area contributed by atoms with Gasteiger partial charge in [0.1, 0.15) is 0 Å². The summed E-state index contributed by atoms with van der Waals surface area (Å²) >= 11 is 5.89. The van der Waals surface area contributed by atoms with Gasteiger partial charge in [-0.3, -0.25) is 4.98 Å². The van der Waals surface area contributed by atoms with Crippen LogP contribution in [0.5, 0.6) is 0 Å². The smallest absolute Gasteiger partial charge is 0.0624 e. The molecule has 0 aromatic carbocycles. The van der Waals surface area contributed by atoms with Gasteiger partial charge >= 0.3 is 0 Å². The minimum absolute atomic E-state index is 0.0560. The fraction of sp³-hybridized carbons (Fsp3) is 0.444. The molecular weight excluding hydrogens is 174 g/mol. The fourth-order valence-corrected chi connectivity index (χ4v) is 1.31. The van der Waals surface area contributed by atoms with Crippen LogP contribution in [0.25, 0.3) is 0 Å². The molecule has 3 heteroatoms. The van der Waals surface area contributed by atoms with Crippen molar-refractivity contribution in [2.24, 2.45) is 0 Å². The molecule has 0 saturated carbocycles. The average molecular weight is 186 g/mol. The third kappa shape index (κ3) is 1.96. The van der Waals surface area contributed by atoms with E-state index in [0.29, 0.717) is 5.02 Å². The summed E-state index contributed by atoms with van der Waals surface area (Å²) in [6, 6.07) is 1.83. The molecule has 2 atom stereocenters. The first-order valence-electron chi connectivity index (χ1n) is 3.90. The minimum Gasteiger partial charge on any atom is -0.393 e. The Kier molecular flexibility index (Phi) is 3.06. The topological polar surface area (TPSA) is 33.1 Å². The van der Waals surface area contributed by atoms with Crippen LogP contribution in [0.4, 0.5) is 0 Å². The van der Waals surface area contributed by atoms with E-state index in [-0.39, 0.29) is 12.0 Å². The van der Waals surface area contributed by atoms with Crippen molar-refractivity contribution in [2.45, 2.75) is 25.9 Å². The summed E-state index contributed by atoms with van der Waals surface area (Å²) < 4.78 is 0. The Morgan fingerprint density at radius 3 is 2.67 bits per heavy atom. The third-order valence-electron chi connectivity index (χ3n) is 2.02. The number of aliphatic hydroxyl groups is 1. The first-order valence-corrected chi connectivity index (χ1v) is 4.28. The molecule has 1 heterocycles. The van der Waals surface area contributed by atoms with Gasteiger partial charge in [-0.2, -0.15) is 0 Å². The lowest BCUT2D eigenvalue weighted by Gasteiger charge is -2.15. The summed E-state index contributed by atoms with van der Waals surface area (Å²) in [5, 5.41) is 9.94. The molecule has 0 aliphatic carbocycles. The first-order chi connectivity index (χ1) is 5.63. The summed E-state index contributed by atoms with van der Waals surface area (Å²) in [4.78, 5) is 3.87. The maximum absolute atomic E-state index is 9.32. The largest absolute Gasteiger partial charge is 0.393 e. The monoisotopic (exact) mass is 185 g/mol. The van der Waals surface area contributed by atoms with E-state index in [2.05, 4.69) is 4.98 Å². The molecule has 0 amide bonds. The van der Waals surface area contributed by atoms with Gasteiger partial charge in [-0.05, 0) is 18.6 Å². The van der Waals surface area contributed by atoms with Gasteiger partial charge in [-0.1, -0.05) is 18.5 Å². The predicted molar refractivity (Wildman–Crippen MR) is 49.3 cm³/mol. The number of hydrogen-bond acceptors (Lipinski definition) is 2. The Morgan fingerprint density at radius 1 is 1.50 bits per heavy atom. The Balaban J connectivity index is 2.94. The molecule has 0 fully saturated rings. The molecule has 0 radical (unpaired) electrons. The minimum atomic E-state index is -0.384. The van der Waals surface area contributed by atoms with Gasteiger partial charge in [0.2, 0.25) is 0 Å². The van der Waals surface area contributed by atoms with Crippen LogP contribution in [-0.2, 0) is 0 Å². The van der Waals surface area contributed by atoms with Crippen LogP contribution in [-0.4, -0.2) is 16.2 Å². The predicted octanol–water partition coefficient (Wildman–Crippen LogP) is 2.22. The molecule has 12 heavy (non-hydrogen) atoms. The highest BCUT2D eigenvalue weighted by Gasteiger charge is 2.13. The average Bonchev–Trinajstić information content (AvgIpc) is 2.04. The lowest BCUT2D eigenvalue weighted by atomic mass is 9.98. The van der Waals surface area contributed by atoms with Crippen molar-refractivity contribution in [1.82, 2.24) is 4.98 Å². The van der Waals surface area contributed by atoms with Crippen molar-refractivity contribution in [3.8, 4) is 0 Å². The van der Waals surface area contributed by atoms with Crippen molar-refractivity contribution in [2.75, 3.05) is 0 Å². The highest BCUT2D eigenvalue weighted by molar-refractivity contribution is 6.31. The maximum atomic E-state index is 9.32. The number of pyridine rings is 1. The van der Waals surface area contributed by atoms with Gasteiger partial charge in [-0.15, -0.1) is 0 Å². The van der Waals surface area contributed by atoms with Crippen molar-refractivity contribution >= 4 is 11.6 Å². The van der Waals surface area contributed by atoms with Gasteiger partial charge in [0.15, 0.2) is 0 Å². The molecule has 0 bridgehead atoms. The van der Waals surface area contributed by atoms with Gasteiger partial charge < -0.3 is 5.11 Å². The molecule has 1 aromatic heterocycles. The molecule has 2 unspecified atom stereocenters. The van der Waals surface area contributed by atoms with E-state index in [0.717, 1.165) is 5.56 Å². The summed E-state index contributed by atoms with van der Waals surface area (Å²) in [6.45, 7) is 3.69. The Labute approximate surface area is 77.2 Å². The van der Waals surface area contributed by atoms with Crippen molar-refractivity contribution in [3.63, 3.8) is 0 Å². The third-order valence-corrected chi connectivity index (χ3v) is 2.33. The zero-order chi connectivity index (χ0) is 9.14. The van der Waals surface area contributed by atoms with E-state index < -0.39 is 0 Å². The highest BCUT2D eigenvalue weighted by atomic mass is 35.5. The lowest BCUT2D eigenvalue weighted by Crippen LogP contribution is -2.11. The highest BCUT2D eigenvalue weighted by Crippen LogP contribution is 2.25. The second kappa shape index (κ2) is 3.87. The van der Waals surface area contributed by atoms with Gasteiger partial charge in [0, 0.05) is 18.3 Å². The molecule has 2 nitrogen and oxygen atoms in total.